The number of aromatic nitrogens is 3. The Morgan fingerprint density at radius 3 is 2.79 bits per heavy atom. The summed E-state index contributed by atoms with van der Waals surface area (Å²) in [6.45, 7) is 4.06. The van der Waals surface area contributed by atoms with E-state index in [9.17, 15) is 0 Å². The van der Waals surface area contributed by atoms with Crippen molar-refractivity contribution in [3.05, 3.63) is 11.6 Å². The van der Waals surface area contributed by atoms with Gasteiger partial charge in [-0.1, -0.05) is 0 Å². The molecule has 0 amide bonds. The second kappa shape index (κ2) is 3.69. The number of hydrogen-bond donors (Lipinski definition) is 1. The van der Waals surface area contributed by atoms with Gasteiger partial charge in [0.2, 0.25) is 0 Å². The number of nitrogens with two attached hydrogens (primary N) is 1. The Morgan fingerprint density at radius 1 is 1.50 bits per heavy atom. The van der Waals surface area contributed by atoms with Crippen LogP contribution in [0.25, 0.3) is 0 Å². The van der Waals surface area contributed by atoms with E-state index >= 15 is 0 Å². The van der Waals surface area contributed by atoms with Crippen LogP contribution in [0.4, 0.5) is 0 Å². The second-order valence-corrected chi connectivity index (χ2v) is 4.28. The molecule has 1 fully saturated rings. The highest BCUT2D eigenvalue weighted by molar-refractivity contribution is 5.01. The zero-order chi connectivity index (χ0) is 10.1. The molecule has 0 radical (unpaired) electrons. The summed E-state index contributed by atoms with van der Waals surface area (Å²) in [4.78, 5) is 0. The summed E-state index contributed by atoms with van der Waals surface area (Å²) in [5, 5.41) is 8.33. The van der Waals surface area contributed by atoms with E-state index in [-0.39, 0.29) is 6.04 Å². The summed E-state index contributed by atoms with van der Waals surface area (Å²) in [6, 6.07) is 0.924. The van der Waals surface area contributed by atoms with Gasteiger partial charge < -0.3 is 10.3 Å². The standard InChI is InChI=1S/C10H18N4/c1-7(11)3-6-10-13-12-8(2)14(10)9-4-5-9/h7,9H,3-6,11H2,1-2H3. The maximum absolute atomic E-state index is 5.73. The lowest BCUT2D eigenvalue weighted by Crippen LogP contribution is -2.16. The van der Waals surface area contributed by atoms with Crippen molar-refractivity contribution in [2.45, 2.75) is 51.6 Å². The first-order chi connectivity index (χ1) is 6.68. The Bertz CT molecular complexity index is 312. The van der Waals surface area contributed by atoms with Gasteiger partial charge in [-0.05, 0) is 33.1 Å². The van der Waals surface area contributed by atoms with E-state index < -0.39 is 0 Å². The summed E-state index contributed by atoms with van der Waals surface area (Å²) < 4.78 is 2.28. The van der Waals surface area contributed by atoms with Gasteiger partial charge >= 0.3 is 0 Å². The molecule has 4 nitrogen and oxygen atoms in total. The van der Waals surface area contributed by atoms with E-state index in [1.165, 1.54) is 12.8 Å². The van der Waals surface area contributed by atoms with Gasteiger partial charge in [-0.3, -0.25) is 0 Å². The highest BCUT2D eigenvalue weighted by Crippen LogP contribution is 2.36. The smallest absolute Gasteiger partial charge is 0.133 e. The molecule has 1 heterocycles. The number of aryl methyl sites for hydroxylation is 2. The third-order valence-corrected chi connectivity index (χ3v) is 2.67. The van der Waals surface area contributed by atoms with Gasteiger partial charge in [-0.15, -0.1) is 10.2 Å². The molecule has 1 aromatic heterocycles. The Labute approximate surface area is 84.5 Å². The van der Waals surface area contributed by atoms with Gasteiger partial charge in [0.25, 0.3) is 0 Å². The Balaban J connectivity index is 2.08. The van der Waals surface area contributed by atoms with Crippen LogP contribution in [-0.2, 0) is 6.42 Å². The number of nitrogens with zero attached hydrogens (tertiary/aromatic N) is 3. The maximum atomic E-state index is 5.73. The van der Waals surface area contributed by atoms with Crippen LogP contribution in [0.15, 0.2) is 0 Å². The summed E-state index contributed by atoms with van der Waals surface area (Å²) in [7, 11) is 0. The van der Waals surface area contributed by atoms with Crippen LogP contribution in [-0.4, -0.2) is 20.8 Å². The van der Waals surface area contributed by atoms with Crippen molar-refractivity contribution in [2.24, 2.45) is 5.73 Å². The number of rotatable bonds is 4. The summed E-state index contributed by atoms with van der Waals surface area (Å²) in [5.41, 5.74) is 5.73. The van der Waals surface area contributed by atoms with Crippen LogP contribution < -0.4 is 5.73 Å². The zero-order valence-corrected chi connectivity index (χ0v) is 8.90. The zero-order valence-electron chi connectivity index (χ0n) is 8.90. The molecular weight excluding hydrogens is 176 g/mol. The van der Waals surface area contributed by atoms with E-state index in [1.807, 2.05) is 13.8 Å². The van der Waals surface area contributed by atoms with Crippen LogP contribution in [0.1, 0.15) is 43.9 Å². The van der Waals surface area contributed by atoms with Crippen LogP contribution in [0.2, 0.25) is 0 Å². The monoisotopic (exact) mass is 194 g/mol. The molecule has 2 rings (SSSR count). The van der Waals surface area contributed by atoms with Gasteiger partial charge in [0.15, 0.2) is 0 Å². The largest absolute Gasteiger partial charge is 0.328 e. The molecule has 0 aromatic carbocycles. The Kier molecular flexibility index (Phi) is 2.54. The lowest BCUT2D eigenvalue weighted by Gasteiger charge is -2.07. The summed E-state index contributed by atoms with van der Waals surface area (Å²) in [5.74, 6) is 2.16. The predicted molar refractivity (Wildman–Crippen MR) is 55.0 cm³/mol. The molecular formula is C10H18N4. The predicted octanol–water partition coefficient (Wildman–Crippen LogP) is 1.20. The van der Waals surface area contributed by atoms with Crippen molar-refractivity contribution >= 4 is 0 Å². The molecule has 0 aliphatic heterocycles. The molecule has 1 aliphatic rings. The molecule has 78 valence electrons. The first kappa shape index (κ1) is 9.65. The van der Waals surface area contributed by atoms with Gasteiger partial charge in [0.05, 0.1) is 0 Å². The Morgan fingerprint density at radius 2 is 2.21 bits per heavy atom. The maximum Gasteiger partial charge on any atom is 0.133 e. The molecule has 14 heavy (non-hydrogen) atoms. The average molecular weight is 194 g/mol. The second-order valence-electron chi connectivity index (χ2n) is 4.28. The molecule has 4 heteroatoms. The minimum absolute atomic E-state index is 0.250. The topological polar surface area (TPSA) is 56.7 Å². The number of hydrogen-bond acceptors (Lipinski definition) is 3. The first-order valence-corrected chi connectivity index (χ1v) is 5.34. The fraction of sp³-hybridized carbons (Fsp3) is 0.800. The van der Waals surface area contributed by atoms with E-state index in [0.29, 0.717) is 6.04 Å². The van der Waals surface area contributed by atoms with Gasteiger partial charge in [0, 0.05) is 18.5 Å². The van der Waals surface area contributed by atoms with Crippen molar-refractivity contribution < 1.29 is 0 Å². The van der Waals surface area contributed by atoms with Crippen molar-refractivity contribution in [2.75, 3.05) is 0 Å². The van der Waals surface area contributed by atoms with Crippen LogP contribution >= 0.6 is 0 Å². The minimum atomic E-state index is 0.250. The van der Waals surface area contributed by atoms with Crippen LogP contribution in [0, 0.1) is 6.92 Å². The van der Waals surface area contributed by atoms with Crippen molar-refractivity contribution in [3.63, 3.8) is 0 Å². The highest BCUT2D eigenvalue weighted by atomic mass is 15.3. The van der Waals surface area contributed by atoms with E-state index in [0.717, 1.165) is 24.5 Å². The summed E-state index contributed by atoms with van der Waals surface area (Å²) in [6.07, 6.45) is 4.51. The fourth-order valence-electron chi connectivity index (χ4n) is 1.75. The molecule has 0 bridgehead atoms. The van der Waals surface area contributed by atoms with E-state index in [2.05, 4.69) is 14.8 Å². The Hall–Kier alpha value is -0.900. The van der Waals surface area contributed by atoms with E-state index in [4.69, 9.17) is 5.73 Å². The molecule has 1 aromatic rings. The quantitative estimate of drug-likeness (QED) is 0.783. The summed E-state index contributed by atoms with van der Waals surface area (Å²) >= 11 is 0. The van der Waals surface area contributed by atoms with Gasteiger partial charge in [0.1, 0.15) is 11.6 Å². The third-order valence-electron chi connectivity index (χ3n) is 2.67. The van der Waals surface area contributed by atoms with Crippen LogP contribution in [0.5, 0.6) is 0 Å². The normalized spacial score (nSPS) is 18.5. The van der Waals surface area contributed by atoms with Crippen LogP contribution in [0.3, 0.4) is 0 Å². The molecule has 0 saturated heterocycles. The lowest BCUT2D eigenvalue weighted by molar-refractivity contribution is 0.601. The third kappa shape index (κ3) is 1.95. The van der Waals surface area contributed by atoms with Crippen molar-refractivity contribution in [3.8, 4) is 0 Å². The van der Waals surface area contributed by atoms with E-state index in [1.54, 1.807) is 0 Å². The molecule has 2 N–H and O–H groups in total. The SMILES string of the molecule is Cc1nnc(CCC(C)N)n1C1CC1. The minimum Gasteiger partial charge on any atom is -0.328 e. The lowest BCUT2D eigenvalue weighted by atomic mass is 10.2. The molecule has 0 spiro atoms. The highest BCUT2D eigenvalue weighted by Gasteiger charge is 2.27. The van der Waals surface area contributed by atoms with Crippen molar-refractivity contribution in [1.29, 1.82) is 0 Å². The molecule has 1 atom stereocenters. The van der Waals surface area contributed by atoms with Gasteiger partial charge in [-0.2, -0.15) is 0 Å². The fourth-order valence-corrected chi connectivity index (χ4v) is 1.75. The molecule has 1 unspecified atom stereocenters. The molecule has 1 aliphatic carbocycles. The first-order valence-electron chi connectivity index (χ1n) is 5.34. The van der Waals surface area contributed by atoms with Crippen molar-refractivity contribution in [1.82, 2.24) is 14.8 Å². The molecule has 1 saturated carbocycles. The van der Waals surface area contributed by atoms with Gasteiger partial charge in [-0.25, -0.2) is 0 Å². The average Bonchev–Trinajstić information content (AvgIpc) is 2.88.